The van der Waals surface area contributed by atoms with Crippen LogP contribution in [-0.2, 0) is 16.1 Å². The largest absolute Gasteiger partial charge is 0.494 e. The number of nitrogens with one attached hydrogen (secondary N) is 1. The van der Waals surface area contributed by atoms with Crippen LogP contribution in [0.3, 0.4) is 0 Å². The van der Waals surface area contributed by atoms with Crippen molar-refractivity contribution in [2.24, 2.45) is 0 Å². The number of hydrogen-bond acceptors (Lipinski definition) is 7. The lowest BCUT2D eigenvalue weighted by molar-refractivity contribution is -0.134. The van der Waals surface area contributed by atoms with Gasteiger partial charge in [-0.3, -0.25) is 19.6 Å². The number of nitrogens with zero attached hydrogens (tertiary/aromatic N) is 4. The molecule has 4 heterocycles. The summed E-state index contributed by atoms with van der Waals surface area (Å²) in [6.07, 6.45) is 8.20. The van der Waals surface area contributed by atoms with Gasteiger partial charge >= 0.3 is 0 Å². The van der Waals surface area contributed by atoms with Gasteiger partial charge in [-0.05, 0) is 18.1 Å². The van der Waals surface area contributed by atoms with E-state index in [-0.39, 0.29) is 17.6 Å². The molecule has 1 atom stereocenters. The Balaban J connectivity index is 1.43. The number of aromatic nitrogens is 4. The van der Waals surface area contributed by atoms with Gasteiger partial charge in [-0.25, -0.2) is 9.97 Å². The zero-order valence-electron chi connectivity index (χ0n) is 18.5. The summed E-state index contributed by atoms with van der Waals surface area (Å²) >= 11 is 0. The molecule has 0 radical (unpaired) electrons. The Morgan fingerprint density at radius 1 is 1.26 bits per heavy atom. The minimum Gasteiger partial charge on any atom is -0.494 e. The van der Waals surface area contributed by atoms with Crippen LogP contribution in [-0.4, -0.2) is 38.7 Å². The molecule has 1 aliphatic heterocycles. The third-order valence-electron chi connectivity index (χ3n) is 5.21. The zero-order valence-corrected chi connectivity index (χ0v) is 16.5. The number of benzene rings is 1. The summed E-state index contributed by atoms with van der Waals surface area (Å²) in [6, 6.07) is 5.52. The highest BCUT2D eigenvalue weighted by atomic mass is 16.5. The lowest BCUT2D eigenvalue weighted by atomic mass is 9.90. The van der Waals surface area contributed by atoms with Crippen molar-refractivity contribution in [1.82, 2.24) is 25.1 Å². The number of ether oxygens (including phenoxy) is 1. The topological polar surface area (TPSA) is 112 Å². The second-order valence-electron chi connectivity index (χ2n) is 7.14. The third-order valence-corrected chi connectivity index (χ3v) is 5.21. The van der Waals surface area contributed by atoms with Crippen molar-refractivity contribution in [3.05, 3.63) is 60.6 Å². The van der Waals surface area contributed by atoms with E-state index in [9.17, 15) is 9.59 Å². The Hall–Kier alpha value is -4.01. The molecule has 1 unspecified atom stereocenters. The quantitative estimate of drug-likeness (QED) is 0.495. The van der Waals surface area contributed by atoms with Crippen LogP contribution in [0.5, 0.6) is 5.75 Å². The van der Waals surface area contributed by atoms with E-state index in [1.165, 1.54) is 19.5 Å². The first-order valence-electron chi connectivity index (χ1n) is 10.6. The molecular weight excluding hydrogens is 398 g/mol. The van der Waals surface area contributed by atoms with Crippen LogP contribution in [0.4, 0.5) is 0 Å². The number of amides is 2. The molecule has 1 aromatic carbocycles. The molecule has 1 fully saturated rings. The SMILES string of the molecule is [2H]C([2H])(c1ncc(OC)cn1)n1cc(-c2ccc3c(C4CCC(=O)NC4=O)coc3c2)cn1. The Bertz CT molecular complexity index is 1360. The number of carbonyl (C=O) groups is 2. The molecule has 0 saturated carbocycles. The van der Waals surface area contributed by atoms with Crippen LogP contribution in [0.2, 0.25) is 0 Å². The Labute approximate surface area is 179 Å². The standard InChI is InChI=1S/C22H19N5O4/c1-30-15-8-23-20(24-9-15)11-27-10-14(7-25-27)13-2-3-16-18(12-31-19(16)6-13)17-4-5-21(28)26-22(17)29/h2-3,6-10,12,17H,4-5,11H2,1H3,(H,26,28,29)/i11D2. The van der Waals surface area contributed by atoms with Gasteiger partial charge in [0.05, 0.1) is 40.6 Å². The van der Waals surface area contributed by atoms with Crippen LogP contribution in [0.15, 0.2) is 53.7 Å². The fraction of sp³-hybridized carbons (Fsp3) is 0.227. The number of piperidine rings is 1. The summed E-state index contributed by atoms with van der Waals surface area (Å²) in [5.41, 5.74) is 2.77. The van der Waals surface area contributed by atoms with Crippen molar-refractivity contribution in [2.75, 3.05) is 7.11 Å². The van der Waals surface area contributed by atoms with E-state index in [1.807, 2.05) is 18.2 Å². The molecule has 1 aliphatic rings. The van der Waals surface area contributed by atoms with Crippen LogP contribution in [0, 0.1) is 0 Å². The molecular formula is C22H19N5O4. The predicted octanol–water partition coefficient (Wildman–Crippen LogP) is 2.66. The molecule has 1 N–H and O–H groups in total. The first-order chi connectivity index (χ1) is 15.9. The second-order valence-corrected chi connectivity index (χ2v) is 7.14. The minimum absolute atomic E-state index is 0.0479. The smallest absolute Gasteiger partial charge is 0.234 e. The minimum atomic E-state index is -2.07. The average Bonchev–Trinajstić information content (AvgIpc) is 3.47. The molecule has 0 aliphatic carbocycles. The number of imide groups is 1. The Morgan fingerprint density at radius 2 is 2.10 bits per heavy atom. The van der Waals surface area contributed by atoms with Gasteiger partial charge in [0, 0.05) is 29.1 Å². The summed E-state index contributed by atoms with van der Waals surface area (Å²) in [4.78, 5) is 31.8. The molecule has 9 nitrogen and oxygen atoms in total. The predicted molar refractivity (Wildman–Crippen MR) is 110 cm³/mol. The number of hydrogen-bond donors (Lipinski definition) is 1. The van der Waals surface area contributed by atoms with E-state index in [4.69, 9.17) is 11.9 Å². The molecule has 2 amide bonds. The fourth-order valence-corrected chi connectivity index (χ4v) is 3.60. The first-order valence-corrected chi connectivity index (χ1v) is 9.63. The van der Waals surface area contributed by atoms with Gasteiger partial charge in [0.2, 0.25) is 11.8 Å². The van der Waals surface area contributed by atoms with E-state index >= 15 is 0 Å². The molecule has 4 aromatic rings. The van der Waals surface area contributed by atoms with Gasteiger partial charge in [0.15, 0.2) is 5.75 Å². The average molecular weight is 419 g/mol. The van der Waals surface area contributed by atoms with Crippen LogP contribution < -0.4 is 10.1 Å². The van der Waals surface area contributed by atoms with Crippen molar-refractivity contribution >= 4 is 22.8 Å². The monoisotopic (exact) mass is 419 g/mol. The maximum atomic E-state index is 12.2. The summed E-state index contributed by atoms with van der Waals surface area (Å²) in [5.74, 6) is -0.632. The number of methoxy groups -OCH3 is 1. The molecule has 156 valence electrons. The molecule has 0 spiro atoms. The maximum Gasteiger partial charge on any atom is 0.234 e. The van der Waals surface area contributed by atoms with Gasteiger partial charge in [-0.2, -0.15) is 5.10 Å². The van der Waals surface area contributed by atoms with Crippen molar-refractivity contribution < 1.29 is 21.5 Å². The van der Waals surface area contributed by atoms with Gasteiger partial charge in [-0.15, -0.1) is 0 Å². The number of rotatable bonds is 5. The summed E-state index contributed by atoms with van der Waals surface area (Å²) in [6.45, 7) is -2.07. The normalized spacial score (nSPS) is 17.9. The van der Waals surface area contributed by atoms with E-state index in [0.717, 1.165) is 21.2 Å². The zero-order chi connectivity index (χ0) is 23.2. The lowest BCUT2D eigenvalue weighted by Crippen LogP contribution is -2.39. The maximum absolute atomic E-state index is 12.2. The summed E-state index contributed by atoms with van der Waals surface area (Å²) in [7, 11) is 1.48. The lowest BCUT2D eigenvalue weighted by Gasteiger charge is -2.19. The van der Waals surface area contributed by atoms with E-state index in [1.54, 1.807) is 18.7 Å². The highest BCUT2D eigenvalue weighted by molar-refractivity contribution is 6.02. The Morgan fingerprint density at radius 3 is 2.87 bits per heavy atom. The third kappa shape index (κ3) is 3.65. The summed E-state index contributed by atoms with van der Waals surface area (Å²) < 4.78 is 28.7. The van der Waals surface area contributed by atoms with Gasteiger partial charge < -0.3 is 9.15 Å². The fourth-order valence-electron chi connectivity index (χ4n) is 3.60. The van der Waals surface area contributed by atoms with E-state index in [2.05, 4.69) is 20.4 Å². The number of carbonyl (C=O) groups excluding carboxylic acids is 2. The Kier molecular flexibility index (Phi) is 4.15. The molecule has 9 heteroatoms. The van der Waals surface area contributed by atoms with Crippen LogP contribution in [0.25, 0.3) is 22.1 Å². The van der Waals surface area contributed by atoms with Gasteiger partial charge in [0.25, 0.3) is 0 Å². The van der Waals surface area contributed by atoms with Crippen molar-refractivity contribution in [3.8, 4) is 16.9 Å². The molecule has 3 aromatic heterocycles. The summed E-state index contributed by atoms with van der Waals surface area (Å²) in [5, 5.41) is 7.34. The number of furan rings is 1. The van der Waals surface area contributed by atoms with E-state index in [0.29, 0.717) is 29.7 Å². The number of fused-ring (bicyclic) bond motifs is 1. The van der Waals surface area contributed by atoms with Gasteiger partial charge in [-0.1, -0.05) is 12.1 Å². The van der Waals surface area contributed by atoms with Gasteiger partial charge in [0.1, 0.15) is 17.9 Å². The molecule has 1 saturated heterocycles. The van der Waals surface area contributed by atoms with Crippen molar-refractivity contribution in [2.45, 2.75) is 25.3 Å². The highest BCUT2D eigenvalue weighted by Gasteiger charge is 2.30. The second kappa shape index (κ2) is 7.67. The van der Waals surface area contributed by atoms with Crippen molar-refractivity contribution in [3.63, 3.8) is 0 Å². The molecule has 31 heavy (non-hydrogen) atoms. The van der Waals surface area contributed by atoms with Crippen LogP contribution in [0.1, 0.15) is 32.9 Å². The van der Waals surface area contributed by atoms with E-state index < -0.39 is 12.4 Å². The first kappa shape index (κ1) is 16.8. The molecule has 5 rings (SSSR count). The molecule has 0 bridgehead atoms. The highest BCUT2D eigenvalue weighted by Crippen LogP contribution is 2.34. The van der Waals surface area contributed by atoms with Crippen molar-refractivity contribution in [1.29, 1.82) is 0 Å². The van der Waals surface area contributed by atoms with Crippen LogP contribution >= 0.6 is 0 Å².